The van der Waals surface area contributed by atoms with E-state index in [1.165, 1.54) is 6.07 Å². The highest BCUT2D eigenvalue weighted by atomic mass is 35.5. The fourth-order valence-corrected chi connectivity index (χ4v) is 4.84. The van der Waals surface area contributed by atoms with Gasteiger partial charge in [-0.3, -0.25) is 9.36 Å². The molecule has 1 atom stereocenters. The molecule has 5 rings (SSSR count). The fraction of sp³-hybridized carbons (Fsp3) is 0.400. The molecular weight excluding hydrogens is 487 g/mol. The van der Waals surface area contributed by atoms with Gasteiger partial charge in [-0.15, -0.1) is 0 Å². The van der Waals surface area contributed by atoms with Crippen LogP contribution in [-0.4, -0.2) is 60.6 Å². The second kappa shape index (κ2) is 10.4. The molecule has 1 aliphatic carbocycles. The Labute approximate surface area is 212 Å². The Hall–Kier alpha value is -3.21. The van der Waals surface area contributed by atoms with E-state index in [-0.39, 0.29) is 31.0 Å². The lowest BCUT2D eigenvalue weighted by molar-refractivity contribution is 0.0783. The van der Waals surface area contributed by atoms with Crippen molar-refractivity contribution < 1.29 is 19.3 Å². The van der Waals surface area contributed by atoms with Gasteiger partial charge in [-0.25, -0.2) is 9.37 Å². The Morgan fingerprint density at radius 2 is 2.03 bits per heavy atom. The number of hydrogen-bond acceptors (Lipinski definition) is 7. The van der Waals surface area contributed by atoms with Gasteiger partial charge in [0, 0.05) is 41.5 Å². The molecule has 0 spiro atoms. The van der Waals surface area contributed by atoms with Crippen LogP contribution in [0.2, 0.25) is 5.02 Å². The molecule has 11 heteroatoms. The zero-order valence-electron chi connectivity index (χ0n) is 19.8. The Morgan fingerprint density at radius 3 is 2.75 bits per heavy atom. The lowest BCUT2D eigenvalue weighted by Gasteiger charge is -2.29. The molecule has 9 nitrogen and oxygen atoms in total. The highest BCUT2D eigenvalue weighted by Gasteiger charge is 2.27. The van der Waals surface area contributed by atoms with Crippen molar-refractivity contribution in [1.82, 2.24) is 24.5 Å². The average molecular weight is 515 g/mol. The van der Waals surface area contributed by atoms with Crippen molar-refractivity contribution in [3.8, 4) is 17.0 Å². The predicted octanol–water partition coefficient (Wildman–Crippen LogP) is 4.04. The molecule has 0 amide bonds. The quantitative estimate of drug-likeness (QED) is 0.325. The van der Waals surface area contributed by atoms with Crippen molar-refractivity contribution in [2.24, 2.45) is 0 Å². The van der Waals surface area contributed by atoms with Crippen molar-refractivity contribution in [1.29, 1.82) is 0 Å². The van der Waals surface area contributed by atoms with Crippen molar-refractivity contribution in [2.45, 2.75) is 50.5 Å². The maximum atomic E-state index is 14.2. The van der Waals surface area contributed by atoms with Crippen LogP contribution in [0.4, 0.5) is 10.2 Å². The Balaban J connectivity index is 1.38. The van der Waals surface area contributed by atoms with Gasteiger partial charge in [0.25, 0.3) is 0 Å². The number of aliphatic hydroxyl groups excluding tert-OH is 2. The normalized spacial score (nSPS) is 18.9. The van der Waals surface area contributed by atoms with E-state index in [2.05, 4.69) is 15.4 Å². The summed E-state index contributed by atoms with van der Waals surface area (Å²) in [5.74, 6) is 0.515. The maximum Gasteiger partial charge on any atom is 0.166 e. The lowest BCUT2D eigenvalue weighted by Crippen LogP contribution is -2.26. The van der Waals surface area contributed by atoms with Crippen LogP contribution in [-0.2, 0) is 6.54 Å². The minimum atomic E-state index is -0.884. The molecule has 1 aromatic carbocycles. The topological polar surface area (TPSA) is 110 Å². The summed E-state index contributed by atoms with van der Waals surface area (Å²) >= 11 is 5.85. The Kier molecular flexibility index (Phi) is 7.08. The average Bonchev–Trinajstić information content (AvgIpc) is 3.50. The summed E-state index contributed by atoms with van der Waals surface area (Å²) in [6, 6.07) is 6.60. The van der Waals surface area contributed by atoms with Gasteiger partial charge in [0.05, 0.1) is 43.1 Å². The lowest BCUT2D eigenvalue weighted by atomic mass is 9.93. The SMILES string of the molecule is CNc1cc2c(cn1)c(-c1cnn(C[C@@H](O)CO)c1)nn2[C@H]1CC[C@@H](Oc2ccc(Cl)cc2F)CC1. The highest BCUT2D eigenvalue weighted by Crippen LogP contribution is 2.37. The molecule has 1 aliphatic rings. The number of nitrogens with zero attached hydrogens (tertiary/aromatic N) is 5. The van der Waals surface area contributed by atoms with Gasteiger partial charge in [0.1, 0.15) is 11.5 Å². The fourth-order valence-electron chi connectivity index (χ4n) is 4.68. The molecule has 1 fully saturated rings. The van der Waals surface area contributed by atoms with Gasteiger partial charge in [0.2, 0.25) is 0 Å². The summed E-state index contributed by atoms with van der Waals surface area (Å²) in [4.78, 5) is 4.48. The number of benzene rings is 1. The van der Waals surface area contributed by atoms with Gasteiger partial charge in [-0.1, -0.05) is 11.6 Å². The van der Waals surface area contributed by atoms with Crippen LogP contribution in [0.5, 0.6) is 5.75 Å². The highest BCUT2D eigenvalue weighted by molar-refractivity contribution is 6.30. The monoisotopic (exact) mass is 514 g/mol. The van der Waals surface area contributed by atoms with Gasteiger partial charge < -0.3 is 20.3 Å². The Bertz CT molecular complexity index is 1350. The molecular formula is C25H28ClFN6O3. The van der Waals surface area contributed by atoms with Crippen LogP contribution in [0.15, 0.2) is 42.9 Å². The van der Waals surface area contributed by atoms with Crippen molar-refractivity contribution in [3.63, 3.8) is 0 Å². The van der Waals surface area contributed by atoms with Gasteiger partial charge >= 0.3 is 0 Å². The molecule has 0 unspecified atom stereocenters. The maximum absolute atomic E-state index is 14.2. The summed E-state index contributed by atoms with van der Waals surface area (Å²) in [7, 11) is 1.82. The van der Waals surface area contributed by atoms with Gasteiger partial charge in [-0.2, -0.15) is 10.2 Å². The van der Waals surface area contributed by atoms with Crippen molar-refractivity contribution >= 4 is 28.3 Å². The second-order valence-electron chi connectivity index (χ2n) is 9.04. The second-order valence-corrected chi connectivity index (χ2v) is 9.48. The van der Waals surface area contributed by atoms with Gasteiger partial charge in [0.15, 0.2) is 11.6 Å². The van der Waals surface area contributed by atoms with Crippen LogP contribution in [0.25, 0.3) is 22.2 Å². The molecule has 3 heterocycles. The molecule has 3 aromatic heterocycles. The number of aromatic nitrogens is 5. The number of pyridine rings is 1. The molecule has 190 valence electrons. The van der Waals surface area contributed by atoms with Crippen LogP contribution in [0.3, 0.4) is 0 Å². The minimum Gasteiger partial charge on any atom is -0.487 e. The Morgan fingerprint density at radius 1 is 1.22 bits per heavy atom. The molecule has 0 aliphatic heterocycles. The smallest absolute Gasteiger partial charge is 0.166 e. The summed E-state index contributed by atoms with van der Waals surface area (Å²) in [6.07, 6.45) is 7.54. The first kappa shape index (κ1) is 24.5. The van der Waals surface area contributed by atoms with Gasteiger partial charge in [-0.05, 0) is 43.9 Å². The number of ether oxygens (including phenoxy) is 1. The molecule has 1 saturated carbocycles. The third-order valence-electron chi connectivity index (χ3n) is 6.54. The predicted molar refractivity (Wildman–Crippen MR) is 135 cm³/mol. The molecule has 36 heavy (non-hydrogen) atoms. The number of fused-ring (bicyclic) bond motifs is 1. The zero-order chi connectivity index (χ0) is 25.2. The molecule has 0 saturated heterocycles. The standard InChI is InChI=1S/C25H28ClFN6O3/c1-28-24-9-22-20(11-29-24)25(15-10-30-32(12-15)13-18(35)14-34)31-33(22)17-3-5-19(6-4-17)36-23-7-2-16(26)8-21(23)27/h2,7-12,17-19,34-35H,3-6,13-14H2,1H3,(H,28,29)/t17-,18-,19+/m1/s1. The third-order valence-corrected chi connectivity index (χ3v) is 6.78. The van der Waals surface area contributed by atoms with Crippen LogP contribution < -0.4 is 10.1 Å². The molecule has 0 radical (unpaired) electrons. The largest absolute Gasteiger partial charge is 0.487 e. The van der Waals surface area contributed by atoms with E-state index in [0.717, 1.165) is 53.7 Å². The number of rotatable bonds is 8. The number of halogens is 2. The van der Waals surface area contributed by atoms with Crippen molar-refractivity contribution in [2.75, 3.05) is 19.0 Å². The van der Waals surface area contributed by atoms with E-state index in [9.17, 15) is 9.50 Å². The van der Waals surface area contributed by atoms with E-state index in [1.54, 1.807) is 29.2 Å². The third kappa shape index (κ3) is 5.02. The van der Waals surface area contributed by atoms with E-state index >= 15 is 0 Å². The van der Waals surface area contributed by atoms with E-state index in [1.807, 2.05) is 24.0 Å². The first-order valence-corrected chi connectivity index (χ1v) is 12.3. The summed E-state index contributed by atoms with van der Waals surface area (Å²) in [5.41, 5.74) is 2.52. The molecule has 0 bridgehead atoms. The summed E-state index contributed by atoms with van der Waals surface area (Å²) in [5, 5.41) is 32.5. The minimum absolute atomic E-state index is 0.0797. The number of aliphatic hydroxyl groups is 2. The molecule has 4 aromatic rings. The van der Waals surface area contributed by atoms with E-state index < -0.39 is 11.9 Å². The molecule has 3 N–H and O–H groups in total. The van der Waals surface area contributed by atoms with E-state index in [0.29, 0.717) is 5.02 Å². The number of anilines is 1. The van der Waals surface area contributed by atoms with Crippen LogP contribution in [0.1, 0.15) is 31.7 Å². The first-order valence-electron chi connectivity index (χ1n) is 11.9. The summed E-state index contributed by atoms with van der Waals surface area (Å²) < 4.78 is 23.8. The van der Waals surface area contributed by atoms with Crippen LogP contribution in [0, 0.1) is 5.82 Å². The summed E-state index contributed by atoms with van der Waals surface area (Å²) in [6.45, 7) is -0.143. The number of hydrogen-bond donors (Lipinski definition) is 3. The van der Waals surface area contributed by atoms with Crippen molar-refractivity contribution in [3.05, 3.63) is 53.7 Å². The number of nitrogens with one attached hydrogen (secondary N) is 1. The van der Waals surface area contributed by atoms with Crippen LogP contribution >= 0.6 is 11.6 Å². The zero-order valence-corrected chi connectivity index (χ0v) is 20.6. The van der Waals surface area contributed by atoms with E-state index in [4.69, 9.17) is 26.5 Å². The first-order chi connectivity index (χ1) is 17.4.